The molecule has 2 N–H and O–H groups in total. The summed E-state index contributed by atoms with van der Waals surface area (Å²) < 4.78 is 0.351. The van der Waals surface area contributed by atoms with Crippen LogP contribution in [0.1, 0.15) is 16.8 Å². The maximum atomic E-state index is 11.5. The SMILES string of the molecule is Cc1c(Cc2ccc(Cl)cc2)[nH]c(=S)[nH]c1=O. The number of aromatic amines is 2. The second kappa shape index (κ2) is 4.85. The van der Waals surface area contributed by atoms with E-state index < -0.39 is 0 Å². The monoisotopic (exact) mass is 266 g/mol. The van der Waals surface area contributed by atoms with Gasteiger partial charge in [0.25, 0.3) is 5.56 Å². The summed E-state index contributed by atoms with van der Waals surface area (Å²) in [5.41, 5.74) is 2.43. The lowest BCUT2D eigenvalue weighted by molar-refractivity contribution is 0.953. The summed E-state index contributed by atoms with van der Waals surface area (Å²) in [6.45, 7) is 1.77. The molecule has 0 bridgehead atoms. The van der Waals surface area contributed by atoms with Crippen LogP contribution in [0.5, 0.6) is 0 Å². The normalized spacial score (nSPS) is 10.5. The second-order valence-corrected chi connectivity index (χ2v) is 4.66. The van der Waals surface area contributed by atoms with E-state index >= 15 is 0 Å². The Morgan fingerprint density at radius 3 is 2.53 bits per heavy atom. The molecule has 0 saturated heterocycles. The summed E-state index contributed by atoms with van der Waals surface area (Å²) >= 11 is 10.8. The van der Waals surface area contributed by atoms with Gasteiger partial charge in [-0.25, -0.2) is 0 Å². The van der Waals surface area contributed by atoms with Gasteiger partial charge in [0, 0.05) is 22.7 Å². The molecule has 1 aromatic carbocycles. The zero-order valence-corrected chi connectivity index (χ0v) is 10.8. The summed E-state index contributed by atoms with van der Waals surface area (Å²) in [7, 11) is 0. The molecule has 0 radical (unpaired) electrons. The van der Waals surface area contributed by atoms with Gasteiger partial charge in [0.15, 0.2) is 4.77 Å². The zero-order valence-electron chi connectivity index (χ0n) is 9.21. The Balaban J connectivity index is 2.39. The quantitative estimate of drug-likeness (QED) is 0.821. The summed E-state index contributed by atoms with van der Waals surface area (Å²) in [6, 6.07) is 7.52. The van der Waals surface area contributed by atoms with Crippen LogP contribution in [-0.2, 0) is 6.42 Å². The van der Waals surface area contributed by atoms with Gasteiger partial charge >= 0.3 is 0 Å². The molecule has 0 aliphatic carbocycles. The van der Waals surface area contributed by atoms with Crippen LogP contribution in [0.2, 0.25) is 5.02 Å². The topological polar surface area (TPSA) is 48.6 Å². The summed E-state index contributed by atoms with van der Waals surface area (Å²) in [6.07, 6.45) is 0.635. The van der Waals surface area contributed by atoms with Gasteiger partial charge in [0.1, 0.15) is 0 Å². The Kier molecular flexibility index (Phi) is 3.45. The number of aromatic nitrogens is 2. The largest absolute Gasteiger partial charge is 0.335 e. The van der Waals surface area contributed by atoms with Gasteiger partial charge in [-0.2, -0.15) is 0 Å². The van der Waals surface area contributed by atoms with Crippen molar-refractivity contribution in [3.63, 3.8) is 0 Å². The molecule has 0 fully saturated rings. The lowest BCUT2D eigenvalue weighted by Crippen LogP contribution is -2.15. The highest BCUT2D eigenvalue weighted by Gasteiger charge is 2.04. The molecule has 2 aromatic rings. The number of halogens is 1. The molecule has 1 heterocycles. The minimum Gasteiger partial charge on any atom is -0.335 e. The Morgan fingerprint density at radius 2 is 1.88 bits per heavy atom. The molecule has 0 amide bonds. The molecule has 0 unspecified atom stereocenters. The Labute approximate surface area is 108 Å². The molecule has 0 aliphatic heterocycles. The molecule has 0 aliphatic rings. The minimum absolute atomic E-state index is 0.141. The fourth-order valence-corrected chi connectivity index (χ4v) is 1.92. The van der Waals surface area contributed by atoms with Gasteiger partial charge in [0.05, 0.1) is 0 Å². The second-order valence-electron chi connectivity index (χ2n) is 3.82. The van der Waals surface area contributed by atoms with Gasteiger partial charge in [-0.3, -0.25) is 9.78 Å². The predicted octanol–water partition coefficient (Wildman–Crippen LogP) is 2.99. The lowest BCUT2D eigenvalue weighted by atomic mass is 10.1. The van der Waals surface area contributed by atoms with Gasteiger partial charge in [0.2, 0.25) is 0 Å². The molecule has 2 rings (SSSR count). The number of rotatable bonds is 2. The maximum absolute atomic E-state index is 11.5. The average Bonchev–Trinajstić information content (AvgIpc) is 2.28. The van der Waals surface area contributed by atoms with E-state index in [0.29, 0.717) is 21.8 Å². The van der Waals surface area contributed by atoms with Crippen LogP contribution in [0.3, 0.4) is 0 Å². The summed E-state index contributed by atoms with van der Waals surface area (Å²) in [5.74, 6) is 0. The van der Waals surface area contributed by atoms with E-state index in [4.69, 9.17) is 23.8 Å². The number of benzene rings is 1. The van der Waals surface area contributed by atoms with Crippen LogP contribution in [-0.4, -0.2) is 9.97 Å². The van der Waals surface area contributed by atoms with Crippen LogP contribution in [0.25, 0.3) is 0 Å². The van der Waals surface area contributed by atoms with Crippen molar-refractivity contribution in [3.8, 4) is 0 Å². The summed E-state index contributed by atoms with van der Waals surface area (Å²) in [5, 5.41) is 0.698. The van der Waals surface area contributed by atoms with Crippen LogP contribution in [0.4, 0.5) is 0 Å². The molecule has 88 valence electrons. The molecule has 17 heavy (non-hydrogen) atoms. The third-order valence-electron chi connectivity index (χ3n) is 2.58. The number of hydrogen-bond acceptors (Lipinski definition) is 2. The highest BCUT2D eigenvalue weighted by molar-refractivity contribution is 7.71. The van der Waals surface area contributed by atoms with Crippen molar-refractivity contribution < 1.29 is 0 Å². The van der Waals surface area contributed by atoms with E-state index in [2.05, 4.69) is 9.97 Å². The number of nitrogens with one attached hydrogen (secondary N) is 2. The van der Waals surface area contributed by atoms with Crippen molar-refractivity contribution in [3.05, 3.63) is 61.2 Å². The molecule has 0 spiro atoms. The number of hydrogen-bond donors (Lipinski definition) is 2. The van der Waals surface area contributed by atoms with E-state index in [1.807, 2.05) is 24.3 Å². The van der Waals surface area contributed by atoms with Gasteiger partial charge < -0.3 is 4.98 Å². The van der Waals surface area contributed by atoms with Crippen LogP contribution in [0.15, 0.2) is 29.1 Å². The first-order valence-electron chi connectivity index (χ1n) is 5.13. The Hall–Kier alpha value is -1.39. The van der Waals surface area contributed by atoms with Crippen molar-refractivity contribution >= 4 is 23.8 Å². The fraction of sp³-hybridized carbons (Fsp3) is 0.167. The number of H-pyrrole nitrogens is 2. The van der Waals surface area contributed by atoms with Crippen molar-refractivity contribution in [2.24, 2.45) is 0 Å². The molecule has 0 saturated carbocycles. The highest BCUT2D eigenvalue weighted by atomic mass is 35.5. The molecular weight excluding hydrogens is 256 g/mol. The molecule has 3 nitrogen and oxygen atoms in total. The standard InChI is InChI=1S/C12H11ClN2OS/c1-7-10(14-12(17)15-11(7)16)6-8-2-4-9(13)5-3-8/h2-5H,6H2,1H3,(H2,14,15,16,17). The fourth-order valence-electron chi connectivity index (χ4n) is 1.58. The third-order valence-corrected chi connectivity index (χ3v) is 3.03. The van der Waals surface area contributed by atoms with Crippen LogP contribution >= 0.6 is 23.8 Å². The van der Waals surface area contributed by atoms with Gasteiger partial charge in [-0.1, -0.05) is 23.7 Å². The van der Waals surface area contributed by atoms with Crippen LogP contribution < -0.4 is 5.56 Å². The maximum Gasteiger partial charge on any atom is 0.254 e. The van der Waals surface area contributed by atoms with E-state index in [9.17, 15) is 4.79 Å². The molecule has 0 atom stereocenters. The molecule has 1 aromatic heterocycles. The smallest absolute Gasteiger partial charge is 0.254 e. The zero-order chi connectivity index (χ0) is 12.4. The Bertz CT molecular complexity index is 643. The summed E-state index contributed by atoms with van der Waals surface area (Å²) in [4.78, 5) is 17.1. The van der Waals surface area contributed by atoms with E-state index in [1.54, 1.807) is 6.92 Å². The minimum atomic E-state index is -0.141. The van der Waals surface area contributed by atoms with Gasteiger partial charge in [-0.15, -0.1) is 0 Å². The first kappa shape index (κ1) is 12.1. The first-order chi connectivity index (χ1) is 8.06. The molecular formula is C12H11ClN2OS. The first-order valence-corrected chi connectivity index (χ1v) is 5.91. The Morgan fingerprint density at radius 1 is 1.24 bits per heavy atom. The van der Waals surface area contributed by atoms with Crippen molar-refractivity contribution in [2.45, 2.75) is 13.3 Å². The van der Waals surface area contributed by atoms with Crippen molar-refractivity contribution in [2.75, 3.05) is 0 Å². The highest BCUT2D eigenvalue weighted by Crippen LogP contribution is 2.13. The average molecular weight is 267 g/mol. The van der Waals surface area contributed by atoms with E-state index in [0.717, 1.165) is 11.3 Å². The van der Waals surface area contributed by atoms with Crippen LogP contribution in [0, 0.1) is 11.7 Å². The third kappa shape index (κ3) is 2.84. The van der Waals surface area contributed by atoms with E-state index in [1.165, 1.54) is 0 Å². The predicted molar refractivity (Wildman–Crippen MR) is 71.2 cm³/mol. The van der Waals surface area contributed by atoms with Crippen molar-refractivity contribution in [1.29, 1.82) is 0 Å². The van der Waals surface area contributed by atoms with Gasteiger partial charge in [-0.05, 0) is 36.8 Å². The van der Waals surface area contributed by atoms with Crippen molar-refractivity contribution in [1.82, 2.24) is 9.97 Å². The van der Waals surface area contributed by atoms with E-state index in [-0.39, 0.29) is 5.56 Å². The lowest BCUT2D eigenvalue weighted by Gasteiger charge is -2.05. The molecule has 5 heteroatoms.